The summed E-state index contributed by atoms with van der Waals surface area (Å²) in [6.07, 6.45) is 0. The van der Waals surface area contributed by atoms with Crippen molar-refractivity contribution < 1.29 is 19.0 Å². The second kappa shape index (κ2) is 5.18. The van der Waals surface area contributed by atoms with Crippen molar-refractivity contribution in [1.29, 1.82) is 0 Å². The van der Waals surface area contributed by atoms with Gasteiger partial charge in [0.2, 0.25) is 0 Å². The summed E-state index contributed by atoms with van der Waals surface area (Å²) in [7, 11) is 0. The largest absolute Gasteiger partial charge is 0.488 e. The number of carboxylic acids is 1. The highest BCUT2D eigenvalue weighted by Crippen LogP contribution is 2.23. The fraction of sp³-hybridized carbons (Fsp3) is 0.154. The van der Waals surface area contributed by atoms with Crippen molar-refractivity contribution in [3.63, 3.8) is 0 Å². The van der Waals surface area contributed by atoms with Gasteiger partial charge in [0.1, 0.15) is 23.1 Å². The molecular formula is C13H11FO3S. The zero-order valence-electron chi connectivity index (χ0n) is 9.64. The van der Waals surface area contributed by atoms with Gasteiger partial charge in [-0.15, -0.1) is 11.3 Å². The molecule has 0 amide bonds. The number of thiophene rings is 1. The predicted molar refractivity (Wildman–Crippen MR) is 66.7 cm³/mol. The Morgan fingerprint density at radius 3 is 2.89 bits per heavy atom. The second-order valence-electron chi connectivity index (χ2n) is 3.81. The van der Waals surface area contributed by atoms with Crippen LogP contribution in [0.25, 0.3) is 0 Å². The highest BCUT2D eigenvalue weighted by Gasteiger charge is 2.08. The Balaban J connectivity index is 2.06. The van der Waals surface area contributed by atoms with Crippen LogP contribution in [-0.4, -0.2) is 11.1 Å². The SMILES string of the molecule is Cc1ccc(F)cc1COc1csc(C(=O)O)c1. The Labute approximate surface area is 107 Å². The lowest BCUT2D eigenvalue weighted by atomic mass is 10.1. The molecule has 0 atom stereocenters. The first-order valence-corrected chi connectivity index (χ1v) is 6.14. The second-order valence-corrected chi connectivity index (χ2v) is 4.72. The molecule has 0 aliphatic carbocycles. The molecule has 3 nitrogen and oxygen atoms in total. The lowest BCUT2D eigenvalue weighted by Gasteiger charge is -2.07. The smallest absolute Gasteiger partial charge is 0.346 e. The van der Waals surface area contributed by atoms with Crippen LogP contribution in [0, 0.1) is 12.7 Å². The topological polar surface area (TPSA) is 46.5 Å². The number of carboxylic acid groups (broad SMARTS) is 1. The van der Waals surface area contributed by atoms with Crippen LogP contribution < -0.4 is 4.74 Å². The number of hydrogen-bond acceptors (Lipinski definition) is 3. The number of aromatic carboxylic acids is 1. The number of carbonyl (C=O) groups is 1. The van der Waals surface area contributed by atoms with Crippen LogP contribution >= 0.6 is 11.3 Å². The molecule has 0 saturated carbocycles. The van der Waals surface area contributed by atoms with Gasteiger partial charge in [0, 0.05) is 11.4 Å². The standard InChI is InChI=1S/C13H11FO3S/c1-8-2-3-10(14)4-9(8)6-17-11-5-12(13(15)16)18-7-11/h2-5,7H,6H2,1H3,(H,15,16). The van der Waals surface area contributed by atoms with Gasteiger partial charge in [0.25, 0.3) is 0 Å². The number of ether oxygens (including phenoxy) is 1. The van der Waals surface area contributed by atoms with Crippen molar-refractivity contribution in [2.24, 2.45) is 0 Å². The molecule has 0 unspecified atom stereocenters. The zero-order valence-corrected chi connectivity index (χ0v) is 10.5. The third kappa shape index (κ3) is 2.87. The van der Waals surface area contributed by atoms with E-state index in [2.05, 4.69) is 0 Å². The Morgan fingerprint density at radius 1 is 1.44 bits per heavy atom. The summed E-state index contributed by atoms with van der Waals surface area (Å²) in [5, 5.41) is 10.4. The van der Waals surface area contributed by atoms with Crippen molar-refractivity contribution in [2.75, 3.05) is 0 Å². The molecule has 0 aliphatic rings. The van der Waals surface area contributed by atoms with Gasteiger partial charge in [-0.25, -0.2) is 9.18 Å². The minimum Gasteiger partial charge on any atom is -0.488 e. The first-order chi connectivity index (χ1) is 8.56. The number of hydrogen-bond donors (Lipinski definition) is 1. The van der Waals surface area contributed by atoms with Crippen molar-refractivity contribution in [2.45, 2.75) is 13.5 Å². The van der Waals surface area contributed by atoms with Gasteiger partial charge >= 0.3 is 5.97 Å². The van der Waals surface area contributed by atoms with Crippen LogP contribution in [0.4, 0.5) is 4.39 Å². The maximum absolute atomic E-state index is 13.1. The highest BCUT2D eigenvalue weighted by molar-refractivity contribution is 7.12. The Hall–Kier alpha value is -1.88. The fourth-order valence-corrected chi connectivity index (χ4v) is 2.13. The van der Waals surface area contributed by atoms with E-state index in [9.17, 15) is 9.18 Å². The van der Waals surface area contributed by atoms with Gasteiger partial charge in [-0.2, -0.15) is 0 Å². The van der Waals surface area contributed by atoms with Crippen LogP contribution in [0.2, 0.25) is 0 Å². The monoisotopic (exact) mass is 266 g/mol. The maximum atomic E-state index is 13.1. The summed E-state index contributed by atoms with van der Waals surface area (Å²) in [4.78, 5) is 10.9. The van der Waals surface area contributed by atoms with Gasteiger partial charge in [-0.05, 0) is 30.2 Å². The van der Waals surface area contributed by atoms with E-state index < -0.39 is 5.97 Å². The maximum Gasteiger partial charge on any atom is 0.346 e. The fourth-order valence-electron chi connectivity index (χ4n) is 1.46. The lowest BCUT2D eigenvalue weighted by molar-refractivity contribution is 0.0702. The minimum atomic E-state index is -0.975. The average molecular weight is 266 g/mol. The number of benzene rings is 1. The molecule has 0 spiro atoms. The van der Waals surface area contributed by atoms with E-state index in [4.69, 9.17) is 9.84 Å². The van der Waals surface area contributed by atoms with Crippen molar-refractivity contribution in [1.82, 2.24) is 0 Å². The summed E-state index contributed by atoms with van der Waals surface area (Å²) in [5.41, 5.74) is 1.68. The molecule has 0 saturated heterocycles. The van der Waals surface area contributed by atoms with Crippen LogP contribution in [0.15, 0.2) is 29.6 Å². The van der Waals surface area contributed by atoms with E-state index in [1.165, 1.54) is 18.2 Å². The predicted octanol–water partition coefficient (Wildman–Crippen LogP) is 3.47. The molecule has 0 bridgehead atoms. The van der Waals surface area contributed by atoms with Crippen molar-refractivity contribution >= 4 is 17.3 Å². The van der Waals surface area contributed by atoms with Gasteiger partial charge in [-0.1, -0.05) is 6.07 Å². The molecule has 18 heavy (non-hydrogen) atoms. The Morgan fingerprint density at radius 2 is 2.22 bits per heavy atom. The molecule has 5 heteroatoms. The summed E-state index contributed by atoms with van der Waals surface area (Å²) in [6, 6.07) is 5.96. The molecule has 2 rings (SSSR count). The third-order valence-corrected chi connectivity index (χ3v) is 3.39. The van der Waals surface area contributed by atoms with E-state index in [-0.39, 0.29) is 17.3 Å². The molecule has 1 N–H and O–H groups in total. The van der Waals surface area contributed by atoms with E-state index in [0.717, 1.165) is 22.5 Å². The molecule has 1 heterocycles. The lowest BCUT2D eigenvalue weighted by Crippen LogP contribution is -1.98. The normalized spacial score (nSPS) is 10.3. The molecule has 1 aromatic carbocycles. The summed E-state index contributed by atoms with van der Waals surface area (Å²) < 4.78 is 18.5. The van der Waals surface area contributed by atoms with Crippen LogP contribution in [0.5, 0.6) is 5.75 Å². The van der Waals surface area contributed by atoms with E-state index in [0.29, 0.717) is 5.75 Å². The van der Waals surface area contributed by atoms with Crippen LogP contribution in [0.1, 0.15) is 20.8 Å². The summed E-state index contributed by atoms with van der Waals surface area (Å²) >= 11 is 1.10. The van der Waals surface area contributed by atoms with E-state index in [1.807, 2.05) is 6.92 Å². The molecule has 0 fully saturated rings. The quantitative estimate of drug-likeness (QED) is 0.921. The summed E-state index contributed by atoms with van der Waals surface area (Å²) in [6.45, 7) is 2.09. The molecule has 2 aromatic rings. The Kier molecular flexibility index (Phi) is 3.62. The molecule has 94 valence electrons. The Bertz CT molecular complexity index is 577. The van der Waals surface area contributed by atoms with Crippen LogP contribution in [0.3, 0.4) is 0 Å². The third-order valence-electron chi connectivity index (χ3n) is 2.49. The number of aryl methyl sites for hydroxylation is 1. The molecule has 1 aromatic heterocycles. The molecule has 0 radical (unpaired) electrons. The zero-order chi connectivity index (χ0) is 13.1. The molecular weight excluding hydrogens is 255 g/mol. The van der Waals surface area contributed by atoms with Gasteiger partial charge in [-0.3, -0.25) is 0 Å². The summed E-state index contributed by atoms with van der Waals surface area (Å²) in [5.74, 6) is -0.798. The number of rotatable bonds is 4. The first-order valence-electron chi connectivity index (χ1n) is 5.26. The van der Waals surface area contributed by atoms with E-state index in [1.54, 1.807) is 11.4 Å². The number of halogens is 1. The van der Waals surface area contributed by atoms with Gasteiger partial charge in [0.05, 0.1) is 0 Å². The van der Waals surface area contributed by atoms with Gasteiger partial charge < -0.3 is 9.84 Å². The molecule has 0 aliphatic heterocycles. The van der Waals surface area contributed by atoms with Gasteiger partial charge in [0.15, 0.2) is 0 Å². The van der Waals surface area contributed by atoms with Crippen LogP contribution in [-0.2, 0) is 6.61 Å². The highest BCUT2D eigenvalue weighted by atomic mass is 32.1. The minimum absolute atomic E-state index is 0.222. The average Bonchev–Trinajstić information content (AvgIpc) is 2.79. The van der Waals surface area contributed by atoms with Crippen molar-refractivity contribution in [3.8, 4) is 5.75 Å². The van der Waals surface area contributed by atoms with E-state index >= 15 is 0 Å². The van der Waals surface area contributed by atoms with Crippen molar-refractivity contribution in [3.05, 3.63) is 51.5 Å². The first kappa shape index (κ1) is 12.6.